The monoisotopic (exact) mass is 417 g/mol. The molecule has 0 bridgehead atoms. The summed E-state index contributed by atoms with van der Waals surface area (Å²) in [5.74, 6) is 0.887. The molecule has 0 atom stereocenters. The van der Waals surface area contributed by atoms with Crippen LogP contribution in [0.5, 0.6) is 5.75 Å². The van der Waals surface area contributed by atoms with Gasteiger partial charge in [0.1, 0.15) is 19.0 Å². The van der Waals surface area contributed by atoms with Crippen molar-refractivity contribution in [1.82, 2.24) is 4.90 Å². The molecule has 0 saturated carbocycles. The van der Waals surface area contributed by atoms with Crippen LogP contribution in [0.3, 0.4) is 0 Å². The van der Waals surface area contributed by atoms with Crippen LogP contribution in [0.1, 0.15) is 17.0 Å². The zero-order chi connectivity index (χ0) is 21.5. The molecule has 5 heteroatoms. The highest BCUT2D eigenvalue weighted by Crippen LogP contribution is 2.44. The number of ether oxygens (including phenoxy) is 3. The Kier molecular flexibility index (Phi) is 6.85. The van der Waals surface area contributed by atoms with Gasteiger partial charge in [0.2, 0.25) is 0 Å². The van der Waals surface area contributed by atoms with E-state index in [0.717, 1.165) is 5.75 Å². The molecule has 3 aromatic carbocycles. The topological polar surface area (TPSA) is 48.0 Å². The van der Waals surface area contributed by atoms with Crippen LogP contribution in [-0.2, 0) is 9.47 Å². The summed E-state index contributed by atoms with van der Waals surface area (Å²) in [6.45, 7) is 2.15. The van der Waals surface area contributed by atoms with Gasteiger partial charge in [0.05, 0.1) is 13.2 Å². The number of hydrogen-bond donors (Lipinski definition) is 0. The van der Waals surface area contributed by atoms with Crippen LogP contribution in [0.4, 0.5) is 4.79 Å². The van der Waals surface area contributed by atoms with Gasteiger partial charge in [-0.05, 0) is 34.4 Å². The molecule has 0 unspecified atom stereocenters. The highest BCUT2D eigenvalue weighted by molar-refractivity contribution is 5.79. The fourth-order valence-corrected chi connectivity index (χ4v) is 3.83. The van der Waals surface area contributed by atoms with Crippen molar-refractivity contribution in [2.75, 3.05) is 40.0 Å². The molecule has 0 saturated heterocycles. The number of likely N-dealkylation sites (N-methyl/N-ethyl adjacent to an activating group) is 1. The van der Waals surface area contributed by atoms with Gasteiger partial charge >= 0.3 is 6.09 Å². The molecular formula is C26H27NO4. The van der Waals surface area contributed by atoms with Crippen LogP contribution in [-0.4, -0.2) is 51.0 Å². The van der Waals surface area contributed by atoms with Crippen LogP contribution < -0.4 is 4.74 Å². The van der Waals surface area contributed by atoms with E-state index >= 15 is 0 Å². The van der Waals surface area contributed by atoms with Crippen LogP contribution in [0.15, 0.2) is 78.9 Å². The number of para-hydroxylation sites is 1. The van der Waals surface area contributed by atoms with Crippen molar-refractivity contribution in [1.29, 1.82) is 0 Å². The van der Waals surface area contributed by atoms with Crippen LogP contribution in [0.2, 0.25) is 0 Å². The van der Waals surface area contributed by atoms with E-state index in [-0.39, 0.29) is 12.0 Å². The molecule has 1 amide bonds. The fourth-order valence-electron chi connectivity index (χ4n) is 3.83. The molecule has 0 aromatic heterocycles. The second-order valence-electron chi connectivity index (χ2n) is 7.50. The maximum atomic E-state index is 12.5. The first-order valence-corrected chi connectivity index (χ1v) is 10.6. The number of hydrogen-bond acceptors (Lipinski definition) is 4. The van der Waals surface area contributed by atoms with Crippen molar-refractivity contribution in [2.45, 2.75) is 5.92 Å². The highest BCUT2D eigenvalue weighted by Gasteiger charge is 2.29. The van der Waals surface area contributed by atoms with Gasteiger partial charge in [-0.15, -0.1) is 0 Å². The molecule has 3 aromatic rings. The molecule has 1 aliphatic carbocycles. The summed E-state index contributed by atoms with van der Waals surface area (Å²) in [6.07, 6.45) is -0.342. The molecule has 4 rings (SSSR count). The van der Waals surface area contributed by atoms with E-state index < -0.39 is 0 Å². The number of fused-ring (bicyclic) bond motifs is 3. The van der Waals surface area contributed by atoms with Crippen molar-refractivity contribution in [3.63, 3.8) is 0 Å². The van der Waals surface area contributed by atoms with Crippen molar-refractivity contribution in [2.24, 2.45) is 0 Å². The first kappa shape index (κ1) is 20.9. The molecule has 0 spiro atoms. The third-order valence-electron chi connectivity index (χ3n) is 5.46. The number of benzene rings is 3. The lowest BCUT2D eigenvalue weighted by molar-refractivity contribution is 0.0704. The molecule has 0 heterocycles. The molecule has 0 radical (unpaired) electrons. The Morgan fingerprint density at radius 2 is 1.42 bits per heavy atom. The predicted octanol–water partition coefficient (Wildman–Crippen LogP) is 4.96. The average molecular weight is 418 g/mol. The van der Waals surface area contributed by atoms with E-state index in [1.807, 2.05) is 54.6 Å². The first-order valence-electron chi connectivity index (χ1n) is 10.6. The molecular weight excluding hydrogens is 390 g/mol. The molecule has 31 heavy (non-hydrogen) atoms. The Morgan fingerprint density at radius 1 is 0.806 bits per heavy atom. The van der Waals surface area contributed by atoms with Gasteiger partial charge in [-0.2, -0.15) is 0 Å². The predicted molar refractivity (Wildman–Crippen MR) is 120 cm³/mol. The summed E-state index contributed by atoms with van der Waals surface area (Å²) in [7, 11) is 1.72. The van der Waals surface area contributed by atoms with Crippen LogP contribution in [0.25, 0.3) is 11.1 Å². The van der Waals surface area contributed by atoms with Gasteiger partial charge in [-0.1, -0.05) is 66.7 Å². The standard InChI is InChI=1S/C26H27NO4/c1-27(15-16-29-17-18-30-20-9-3-2-4-10-20)26(28)31-19-25-23-13-7-5-11-21(23)22-12-6-8-14-24(22)25/h2-14,25H,15-19H2,1H3. The van der Waals surface area contributed by atoms with E-state index in [2.05, 4.69) is 24.3 Å². The van der Waals surface area contributed by atoms with Crippen molar-refractivity contribution >= 4 is 6.09 Å². The minimum absolute atomic E-state index is 0.0659. The SMILES string of the molecule is CN(CCOCCOc1ccccc1)C(=O)OCC1c2ccccc2-c2ccccc21. The third-order valence-corrected chi connectivity index (χ3v) is 5.46. The van der Waals surface area contributed by atoms with E-state index in [0.29, 0.717) is 33.0 Å². The summed E-state index contributed by atoms with van der Waals surface area (Å²) < 4.78 is 16.8. The quantitative estimate of drug-likeness (QED) is 0.462. The second-order valence-corrected chi connectivity index (χ2v) is 7.50. The van der Waals surface area contributed by atoms with Gasteiger partial charge in [-0.3, -0.25) is 0 Å². The summed E-state index contributed by atoms with van der Waals surface area (Å²) in [5, 5.41) is 0. The number of nitrogens with zero attached hydrogens (tertiary/aromatic N) is 1. The third kappa shape index (κ3) is 5.06. The zero-order valence-corrected chi connectivity index (χ0v) is 17.7. The maximum absolute atomic E-state index is 12.5. The van der Waals surface area contributed by atoms with Crippen molar-refractivity contribution < 1.29 is 19.0 Å². The molecule has 160 valence electrons. The fraction of sp³-hybridized carbons (Fsp3) is 0.269. The van der Waals surface area contributed by atoms with E-state index in [4.69, 9.17) is 14.2 Å². The minimum Gasteiger partial charge on any atom is -0.491 e. The summed E-state index contributed by atoms with van der Waals surface area (Å²) in [5.41, 5.74) is 4.86. The summed E-state index contributed by atoms with van der Waals surface area (Å²) in [6, 6.07) is 26.3. The van der Waals surface area contributed by atoms with Crippen molar-refractivity contribution in [3.05, 3.63) is 90.0 Å². The lowest BCUT2D eigenvalue weighted by atomic mass is 9.98. The smallest absolute Gasteiger partial charge is 0.409 e. The van der Waals surface area contributed by atoms with Gasteiger partial charge in [0.25, 0.3) is 0 Å². The largest absolute Gasteiger partial charge is 0.491 e. The Labute approximate surface area is 183 Å². The molecule has 0 aliphatic heterocycles. The van der Waals surface area contributed by atoms with Crippen LogP contribution in [0, 0.1) is 0 Å². The summed E-state index contributed by atoms with van der Waals surface area (Å²) in [4.78, 5) is 14.0. The lowest BCUT2D eigenvalue weighted by Crippen LogP contribution is -2.32. The minimum atomic E-state index is -0.342. The number of carbonyl (C=O) groups is 1. The van der Waals surface area contributed by atoms with Crippen LogP contribution >= 0.6 is 0 Å². The number of amides is 1. The molecule has 0 fully saturated rings. The highest BCUT2D eigenvalue weighted by atomic mass is 16.6. The first-order chi connectivity index (χ1) is 15.2. The zero-order valence-electron chi connectivity index (χ0n) is 17.7. The molecule has 1 aliphatic rings. The summed E-state index contributed by atoms with van der Waals surface area (Å²) >= 11 is 0. The van der Waals surface area contributed by atoms with Gasteiger partial charge in [0, 0.05) is 19.5 Å². The Balaban J connectivity index is 1.20. The van der Waals surface area contributed by atoms with Crippen molar-refractivity contribution in [3.8, 4) is 16.9 Å². The van der Waals surface area contributed by atoms with E-state index in [9.17, 15) is 4.79 Å². The van der Waals surface area contributed by atoms with Gasteiger partial charge in [0.15, 0.2) is 0 Å². The number of rotatable bonds is 9. The van der Waals surface area contributed by atoms with Gasteiger partial charge < -0.3 is 19.1 Å². The Morgan fingerprint density at radius 3 is 2.10 bits per heavy atom. The molecule has 0 N–H and O–H groups in total. The Hall–Kier alpha value is -3.31. The molecule has 5 nitrogen and oxygen atoms in total. The lowest BCUT2D eigenvalue weighted by Gasteiger charge is -2.19. The van der Waals surface area contributed by atoms with E-state index in [1.165, 1.54) is 22.3 Å². The average Bonchev–Trinajstić information content (AvgIpc) is 3.14. The van der Waals surface area contributed by atoms with E-state index in [1.54, 1.807) is 11.9 Å². The van der Waals surface area contributed by atoms with Gasteiger partial charge in [-0.25, -0.2) is 4.79 Å². The Bertz CT molecular complexity index is 960. The number of carbonyl (C=O) groups excluding carboxylic acids is 1. The maximum Gasteiger partial charge on any atom is 0.409 e. The second kappa shape index (κ2) is 10.1. The normalized spacial score (nSPS) is 12.2.